The fourth-order valence-corrected chi connectivity index (χ4v) is 1.39. The molecule has 0 aromatic heterocycles. The van der Waals surface area contributed by atoms with E-state index in [2.05, 4.69) is 0 Å². The van der Waals surface area contributed by atoms with Gasteiger partial charge in [0.2, 0.25) is 0 Å². The first-order valence-corrected chi connectivity index (χ1v) is 3.61. The van der Waals surface area contributed by atoms with Crippen molar-refractivity contribution in [1.82, 2.24) is 0 Å². The Morgan fingerprint density at radius 1 is 1.40 bits per heavy atom. The highest BCUT2D eigenvalue weighted by Gasteiger charge is 2.25. The van der Waals surface area contributed by atoms with Crippen LogP contribution in [0, 0.1) is 5.92 Å². The third kappa shape index (κ3) is 1.70. The number of hydrogen-bond donors (Lipinski definition) is 2. The van der Waals surface area contributed by atoms with Gasteiger partial charge in [-0.2, -0.15) is 0 Å². The smallest absolute Gasteiger partial charge is 0.306 e. The van der Waals surface area contributed by atoms with E-state index in [1.165, 1.54) is 0 Å². The molecule has 1 fully saturated rings. The van der Waals surface area contributed by atoms with Gasteiger partial charge in [0.25, 0.3) is 0 Å². The van der Waals surface area contributed by atoms with Gasteiger partial charge in [0.1, 0.15) is 0 Å². The SMILES string of the molecule is O=C(O)[C@@H]1CCC[C@H](O)C1. The molecule has 0 heterocycles. The Labute approximate surface area is 59.7 Å². The van der Waals surface area contributed by atoms with Gasteiger partial charge in [-0.1, -0.05) is 6.42 Å². The van der Waals surface area contributed by atoms with Gasteiger partial charge in [-0.15, -0.1) is 0 Å². The molecule has 0 radical (unpaired) electrons. The van der Waals surface area contributed by atoms with Crippen LogP contribution in [0.15, 0.2) is 0 Å². The summed E-state index contributed by atoms with van der Waals surface area (Å²) in [5, 5.41) is 17.6. The summed E-state index contributed by atoms with van der Waals surface area (Å²) in [6.45, 7) is 0. The van der Waals surface area contributed by atoms with Crippen LogP contribution in [0.3, 0.4) is 0 Å². The Morgan fingerprint density at radius 3 is 2.50 bits per heavy atom. The van der Waals surface area contributed by atoms with Crippen LogP contribution < -0.4 is 0 Å². The predicted molar refractivity (Wildman–Crippen MR) is 35.6 cm³/mol. The van der Waals surface area contributed by atoms with E-state index in [4.69, 9.17) is 10.2 Å². The number of hydrogen-bond acceptors (Lipinski definition) is 2. The molecule has 0 aromatic carbocycles. The number of carboxylic acid groups (broad SMARTS) is 1. The third-order valence-electron chi connectivity index (χ3n) is 2.00. The molecule has 0 unspecified atom stereocenters. The lowest BCUT2D eigenvalue weighted by molar-refractivity contribution is -0.144. The summed E-state index contributed by atoms with van der Waals surface area (Å²) in [5.41, 5.74) is 0. The fourth-order valence-electron chi connectivity index (χ4n) is 1.39. The summed E-state index contributed by atoms with van der Waals surface area (Å²) >= 11 is 0. The second kappa shape index (κ2) is 3.01. The Morgan fingerprint density at radius 2 is 2.10 bits per heavy atom. The summed E-state index contributed by atoms with van der Waals surface area (Å²) < 4.78 is 0. The molecule has 1 aliphatic rings. The van der Waals surface area contributed by atoms with E-state index in [9.17, 15) is 4.79 Å². The average Bonchev–Trinajstić information content (AvgIpc) is 1.88. The summed E-state index contributed by atoms with van der Waals surface area (Å²) in [5.74, 6) is -1.07. The number of rotatable bonds is 1. The molecule has 0 saturated heterocycles. The highest BCUT2D eigenvalue weighted by Crippen LogP contribution is 2.23. The molecule has 3 nitrogen and oxygen atoms in total. The lowest BCUT2D eigenvalue weighted by atomic mass is 9.87. The maximum Gasteiger partial charge on any atom is 0.306 e. The minimum Gasteiger partial charge on any atom is -0.481 e. The van der Waals surface area contributed by atoms with E-state index in [0.29, 0.717) is 6.42 Å². The van der Waals surface area contributed by atoms with E-state index < -0.39 is 5.97 Å². The van der Waals surface area contributed by atoms with Crippen molar-refractivity contribution < 1.29 is 15.0 Å². The minimum atomic E-state index is -0.765. The van der Waals surface area contributed by atoms with Crippen molar-refractivity contribution >= 4 is 5.97 Å². The summed E-state index contributed by atoms with van der Waals surface area (Å²) in [6, 6.07) is 0. The van der Waals surface area contributed by atoms with Crippen LogP contribution in [0.4, 0.5) is 0 Å². The lowest BCUT2D eigenvalue weighted by Crippen LogP contribution is -2.25. The number of carboxylic acids is 1. The van der Waals surface area contributed by atoms with Crippen LogP contribution in [0.2, 0.25) is 0 Å². The topological polar surface area (TPSA) is 57.5 Å². The van der Waals surface area contributed by atoms with Crippen LogP contribution >= 0.6 is 0 Å². The first kappa shape index (κ1) is 7.54. The van der Waals surface area contributed by atoms with Crippen molar-refractivity contribution in [2.24, 2.45) is 5.92 Å². The zero-order chi connectivity index (χ0) is 7.56. The molecule has 0 bridgehead atoms. The number of aliphatic carboxylic acids is 1. The van der Waals surface area contributed by atoms with Gasteiger partial charge < -0.3 is 10.2 Å². The Bertz CT molecular complexity index is 133. The van der Waals surface area contributed by atoms with Crippen LogP contribution in [0.1, 0.15) is 25.7 Å². The minimum absolute atomic E-state index is 0.302. The van der Waals surface area contributed by atoms with Gasteiger partial charge in [0.05, 0.1) is 12.0 Å². The van der Waals surface area contributed by atoms with Crippen LogP contribution in [-0.4, -0.2) is 22.3 Å². The van der Waals surface area contributed by atoms with Crippen molar-refractivity contribution in [2.45, 2.75) is 31.8 Å². The quantitative estimate of drug-likeness (QED) is 0.567. The van der Waals surface area contributed by atoms with Crippen molar-refractivity contribution in [3.8, 4) is 0 Å². The standard InChI is InChI=1S/C7H12O3/c8-6-3-1-2-5(4-6)7(9)10/h5-6,8H,1-4H2,(H,9,10)/t5-,6+/m1/s1. The van der Waals surface area contributed by atoms with Gasteiger partial charge in [0, 0.05) is 0 Å². The maximum absolute atomic E-state index is 10.4. The molecule has 2 atom stereocenters. The molecule has 1 aliphatic carbocycles. The maximum atomic E-state index is 10.4. The first-order chi connectivity index (χ1) is 4.70. The van der Waals surface area contributed by atoms with Gasteiger partial charge >= 0.3 is 5.97 Å². The van der Waals surface area contributed by atoms with Crippen LogP contribution in [0.5, 0.6) is 0 Å². The van der Waals surface area contributed by atoms with E-state index in [1.54, 1.807) is 0 Å². The van der Waals surface area contributed by atoms with E-state index in [0.717, 1.165) is 19.3 Å². The molecular weight excluding hydrogens is 132 g/mol. The Balaban J connectivity index is 2.39. The van der Waals surface area contributed by atoms with E-state index in [-0.39, 0.29) is 12.0 Å². The van der Waals surface area contributed by atoms with Crippen LogP contribution in [0.25, 0.3) is 0 Å². The number of aliphatic hydroxyl groups excluding tert-OH is 1. The van der Waals surface area contributed by atoms with Gasteiger partial charge in [-0.25, -0.2) is 0 Å². The van der Waals surface area contributed by atoms with Crippen molar-refractivity contribution in [1.29, 1.82) is 0 Å². The highest BCUT2D eigenvalue weighted by atomic mass is 16.4. The molecule has 0 aliphatic heterocycles. The molecule has 0 spiro atoms. The predicted octanol–water partition coefficient (Wildman–Crippen LogP) is 0.622. The van der Waals surface area contributed by atoms with Crippen molar-refractivity contribution in [3.63, 3.8) is 0 Å². The number of aliphatic hydroxyl groups is 1. The van der Waals surface area contributed by atoms with Gasteiger partial charge in [-0.3, -0.25) is 4.79 Å². The molecule has 10 heavy (non-hydrogen) atoms. The number of carbonyl (C=O) groups is 1. The highest BCUT2D eigenvalue weighted by molar-refractivity contribution is 5.70. The zero-order valence-corrected chi connectivity index (χ0v) is 5.79. The molecule has 58 valence electrons. The normalized spacial score (nSPS) is 33.7. The zero-order valence-electron chi connectivity index (χ0n) is 5.79. The Hall–Kier alpha value is -0.570. The van der Waals surface area contributed by atoms with Crippen molar-refractivity contribution in [2.75, 3.05) is 0 Å². The Kier molecular flexibility index (Phi) is 2.27. The molecule has 0 aromatic rings. The lowest BCUT2D eigenvalue weighted by Gasteiger charge is -2.21. The molecule has 1 rings (SSSR count). The summed E-state index contributed by atoms with van der Waals surface area (Å²) in [6.07, 6.45) is 2.40. The monoisotopic (exact) mass is 144 g/mol. The summed E-state index contributed by atoms with van der Waals surface area (Å²) in [4.78, 5) is 10.4. The molecule has 3 heteroatoms. The van der Waals surface area contributed by atoms with Gasteiger partial charge in [0.15, 0.2) is 0 Å². The van der Waals surface area contributed by atoms with Crippen LogP contribution in [-0.2, 0) is 4.79 Å². The molecule has 2 N–H and O–H groups in total. The third-order valence-corrected chi connectivity index (χ3v) is 2.00. The largest absolute Gasteiger partial charge is 0.481 e. The second-order valence-electron chi connectivity index (χ2n) is 2.86. The molecular formula is C7H12O3. The first-order valence-electron chi connectivity index (χ1n) is 3.61. The van der Waals surface area contributed by atoms with Crippen molar-refractivity contribution in [3.05, 3.63) is 0 Å². The van der Waals surface area contributed by atoms with E-state index >= 15 is 0 Å². The van der Waals surface area contributed by atoms with E-state index in [1.807, 2.05) is 0 Å². The average molecular weight is 144 g/mol. The molecule has 0 amide bonds. The fraction of sp³-hybridized carbons (Fsp3) is 0.857. The second-order valence-corrected chi connectivity index (χ2v) is 2.86. The van der Waals surface area contributed by atoms with Gasteiger partial charge in [-0.05, 0) is 19.3 Å². The summed E-state index contributed by atoms with van der Waals surface area (Å²) in [7, 11) is 0. The molecule has 1 saturated carbocycles.